The standard InChI is InChI=1S/C11H16N2S/c1-13(2)8-10-5-3-9(4-6-10)7-11(12)14/h3-6H,7-8H2,1-2H3,(H2,12,14). The molecule has 14 heavy (non-hydrogen) atoms. The predicted molar refractivity (Wildman–Crippen MR) is 64.3 cm³/mol. The fourth-order valence-electron chi connectivity index (χ4n) is 1.33. The van der Waals surface area contributed by atoms with Gasteiger partial charge in [-0.2, -0.15) is 0 Å². The summed E-state index contributed by atoms with van der Waals surface area (Å²) in [6.07, 6.45) is 0.692. The minimum Gasteiger partial charge on any atom is -0.393 e. The highest BCUT2D eigenvalue weighted by molar-refractivity contribution is 7.80. The Labute approximate surface area is 90.7 Å². The minimum absolute atomic E-state index is 0.547. The van der Waals surface area contributed by atoms with E-state index in [1.54, 1.807) is 0 Å². The molecule has 1 aromatic carbocycles. The van der Waals surface area contributed by atoms with Gasteiger partial charge in [-0.1, -0.05) is 36.5 Å². The van der Waals surface area contributed by atoms with Crippen molar-refractivity contribution in [3.63, 3.8) is 0 Å². The van der Waals surface area contributed by atoms with Crippen molar-refractivity contribution in [2.24, 2.45) is 5.73 Å². The van der Waals surface area contributed by atoms with Crippen molar-refractivity contribution in [2.75, 3.05) is 14.1 Å². The van der Waals surface area contributed by atoms with E-state index in [0.29, 0.717) is 11.4 Å². The Morgan fingerprint density at radius 3 is 2.14 bits per heavy atom. The largest absolute Gasteiger partial charge is 0.393 e. The maximum atomic E-state index is 5.47. The van der Waals surface area contributed by atoms with Crippen molar-refractivity contribution in [3.05, 3.63) is 35.4 Å². The molecule has 0 saturated heterocycles. The van der Waals surface area contributed by atoms with Crippen LogP contribution in [-0.2, 0) is 13.0 Å². The Morgan fingerprint density at radius 2 is 1.71 bits per heavy atom. The number of hydrogen-bond acceptors (Lipinski definition) is 2. The van der Waals surface area contributed by atoms with Crippen molar-refractivity contribution < 1.29 is 0 Å². The van der Waals surface area contributed by atoms with E-state index in [9.17, 15) is 0 Å². The fourth-order valence-corrected chi connectivity index (χ4v) is 1.50. The average molecular weight is 208 g/mol. The summed E-state index contributed by atoms with van der Waals surface area (Å²) in [5.41, 5.74) is 7.95. The van der Waals surface area contributed by atoms with E-state index < -0.39 is 0 Å². The molecular weight excluding hydrogens is 192 g/mol. The molecule has 76 valence electrons. The van der Waals surface area contributed by atoms with E-state index in [-0.39, 0.29) is 0 Å². The van der Waals surface area contributed by atoms with Gasteiger partial charge in [0.1, 0.15) is 0 Å². The van der Waals surface area contributed by atoms with Crippen LogP contribution in [-0.4, -0.2) is 24.0 Å². The molecule has 0 amide bonds. The third kappa shape index (κ3) is 3.85. The van der Waals surface area contributed by atoms with E-state index in [0.717, 1.165) is 6.54 Å². The van der Waals surface area contributed by atoms with Crippen LogP contribution in [0.2, 0.25) is 0 Å². The molecule has 2 N–H and O–H groups in total. The molecule has 0 atom stereocenters. The van der Waals surface area contributed by atoms with E-state index in [4.69, 9.17) is 18.0 Å². The number of nitrogens with zero attached hydrogens (tertiary/aromatic N) is 1. The number of thiocarbonyl (C=S) groups is 1. The molecule has 1 rings (SSSR count). The Balaban J connectivity index is 2.63. The van der Waals surface area contributed by atoms with Gasteiger partial charge in [0, 0.05) is 13.0 Å². The highest BCUT2D eigenvalue weighted by Gasteiger charge is 1.97. The van der Waals surface area contributed by atoms with Crippen LogP contribution in [0.5, 0.6) is 0 Å². The molecule has 0 saturated carbocycles. The molecule has 0 radical (unpaired) electrons. The van der Waals surface area contributed by atoms with Crippen molar-refractivity contribution >= 4 is 17.2 Å². The second-order valence-corrected chi connectivity index (χ2v) is 4.22. The Kier molecular flexibility index (Phi) is 4.04. The van der Waals surface area contributed by atoms with E-state index in [1.165, 1.54) is 11.1 Å². The van der Waals surface area contributed by atoms with Crippen LogP contribution in [0, 0.1) is 0 Å². The summed E-state index contributed by atoms with van der Waals surface area (Å²) < 4.78 is 0. The fraction of sp³-hybridized carbons (Fsp3) is 0.364. The lowest BCUT2D eigenvalue weighted by atomic mass is 10.1. The number of hydrogen-bond donors (Lipinski definition) is 1. The molecule has 3 heteroatoms. The van der Waals surface area contributed by atoms with Gasteiger partial charge in [-0.05, 0) is 25.2 Å². The molecule has 0 spiro atoms. The molecule has 0 heterocycles. The zero-order chi connectivity index (χ0) is 10.6. The van der Waals surface area contributed by atoms with Gasteiger partial charge in [-0.3, -0.25) is 0 Å². The van der Waals surface area contributed by atoms with Crippen molar-refractivity contribution in [2.45, 2.75) is 13.0 Å². The number of nitrogens with two attached hydrogens (primary N) is 1. The summed E-state index contributed by atoms with van der Waals surface area (Å²) in [7, 11) is 4.12. The van der Waals surface area contributed by atoms with E-state index >= 15 is 0 Å². The zero-order valence-corrected chi connectivity index (χ0v) is 9.47. The smallest absolute Gasteiger partial charge is 0.0771 e. The SMILES string of the molecule is CN(C)Cc1ccc(CC(N)=S)cc1. The van der Waals surface area contributed by atoms with Gasteiger partial charge in [0.05, 0.1) is 4.99 Å². The van der Waals surface area contributed by atoms with E-state index in [2.05, 4.69) is 43.3 Å². The van der Waals surface area contributed by atoms with E-state index in [1.807, 2.05) is 0 Å². The normalized spacial score (nSPS) is 10.5. The van der Waals surface area contributed by atoms with Crippen LogP contribution >= 0.6 is 12.2 Å². The van der Waals surface area contributed by atoms with Crippen molar-refractivity contribution in [1.82, 2.24) is 4.90 Å². The molecule has 0 unspecified atom stereocenters. The first-order chi connectivity index (χ1) is 6.58. The lowest BCUT2D eigenvalue weighted by molar-refractivity contribution is 0.402. The molecular formula is C11H16N2S. The molecule has 0 aliphatic carbocycles. The van der Waals surface area contributed by atoms with Gasteiger partial charge in [-0.25, -0.2) is 0 Å². The monoisotopic (exact) mass is 208 g/mol. The first kappa shape index (κ1) is 11.1. The summed E-state index contributed by atoms with van der Waals surface area (Å²) >= 11 is 4.85. The second-order valence-electron chi connectivity index (χ2n) is 3.70. The summed E-state index contributed by atoms with van der Waals surface area (Å²) in [4.78, 5) is 2.69. The molecule has 0 aliphatic heterocycles. The van der Waals surface area contributed by atoms with Crippen LogP contribution in [0.4, 0.5) is 0 Å². The van der Waals surface area contributed by atoms with Gasteiger partial charge < -0.3 is 10.6 Å². The van der Waals surface area contributed by atoms with Gasteiger partial charge in [0.25, 0.3) is 0 Å². The second kappa shape index (κ2) is 5.08. The van der Waals surface area contributed by atoms with Crippen LogP contribution < -0.4 is 5.73 Å². The maximum Gasteiger partial charge on any atom is 0.0771 e. The number of rotatable bonds is 4. The lowest BCUT2D eigenvalue weighted by Gasteiger charge is -2.09. The summed E-state index contributed by atoms with van der Waals surface area (Å²) in [5.74, 6) is 0. The first-order valence-electron chi connectivity index (χ1n) is 4.59. The Morgan fingerprint density at radius 1 is 1.21 bits per heavy atom. The Hall–Kier alpha value is -0.930. The highest BCUT2D eigenvalue weighted by Crippen LogP contribution is 2.06. The minimum atomic E-state index is 0.547. The van der Waals surface area contributed by atoms with Gasteiger partial charge in [0.2, 0.25) is 0 Å². The first-order valence-corrected chi connectivity index (χ1v) is 4.99. The molecule has 0 aromatic heterocycles. The van der Waals surface area contributed by atoms with Crippen LogP contribution in [0.1, 0.15) is 11.1 Å². The molecule has 2 nitrogen and oxygen atoms in total. The molecule has 0 aliphatic rings. The van der Waals surface area contributed by atoms with Crippen LogP contribution in [0.25, 0.3) is 0 Å². The maximum absolute atomic E-state index is 5.47. The van der Waals surface area contributed by atoms with Gasteiger partial charge in [0.15, 0.2) is 0 Å². The Bertz CT molecular complexity index is 304. The van der Waals surface area contributed by atoms with Crippen LogP contribution in [0.15, 0.2) is 24.3 Å². The van der Waals surface area contributed by atoms with Crippen molar-refractivity contribution in [3.8, 4) is 0 Å². The third-order valence-corrected chi connectivity index (χ3v) is 2.04. The molecule has 1 aromatic rings. The van der Waals surface area contributed by atoms with Crippen molar-refractivity contribution in [1.29, 1.82) is 0 Å². The zero-order valence-electron chi connectivity index (χ0n) is 8.66. The lowest BCUT2D eigenvalue weighted by Crippen LogP contribution is -2.12. The highest BCUT2D eigenvalue weighted by atomic mass is 32.1. The molecule has 0 fully saturated rings. The van der Waals surface area contributed by atoms with Gasteiger partial charge >= 0.3 is 0 Å². The summed E-state index contributed by atoms with van der Waals surface area (Å²) in [5, 5.41) is 0. The average Bonchev–Trinajstić information content (AvgIpc) is 2.06. The topological polar surface area (TPSA) is 29.3 Å². The summed E-state index contributed by atoms with van der Waals surface area (Å²) in [6.45, 7) is 0.966. The van der Waals surface area contributed by atoms with Crippen LogP contribution in [0.3, 0.4) is 0 Å². The van der Waals surface area contributed by atoms with Gasteiger partial charge in [-0.15, -0.1) is 0 Å². The molecule has 0 bridgehead atoms. The summed E-state index contributed by atoms with van der Waals surface area (Å²) in [6, 6.07) is 8.40. The quantitative estimate of drug-likeness (QED) is 0.762. The number of benzene rings is 1. The predicted octanol–water partition coefficient (Wildman–Crippen LogP) is 1.58. The third-order valence-electron chi connectivity index (χ3n) is 1.90.